The van der Waals surface area contributed by atoms with E-state index in [1.807, 2.05) is 24.3 Å². The molecule has 3 fully saturated rings. The van der Waals surface area contributed by atoms with Crippen molar-refractivity contribution in [3.8, 4) is 5.75 Å². The number of carboxylic acids is 1. The summed E-state index contributed by atoms with van der Waals surface area (Å²) in [6.07, 6.45) is 1.81. The number of carboxylic acid groups (broad SMARTS) is 1. The molecule has 7 rings (SSSR count). The third-order valence-corrected chi connectivity index (χ3v) is 10.7. The van der Waals surface area contributed by atoms with E-state index >= 15 is 4.79 Å². The predicted molar refractivity (Wildman–Crippen MR) is 168 cm³/mol. The molecular weight excluding hydrogens is 631 g/mol. The van der Waals surface area contributed by atoms with Crippen LogP contribution in [-0.4, -0.2) is 51.3 Å². The van der Waals surface area contributed by atoms with Gasteiger partial charge in [0.1, 0.15) is 5.75 Å². The van der Waals surface area contributed by atoms with E-state index in [1.165, 1.54) is 17.0 Å². The Morgan fingerprint density at radius 3 is 2.35 bits per heavy atom. The number of amides is 4. The van der Waals surface area contributed by atoms with Crippen molar-refractivity contribution in [3.63, 3.8) is 0 Å². The van der Waals surface area contributed by atoms with Gasteiger partial charge in [-0.1, -0.05) is 77.3 Å². The van der Waals surface area contributed by atoms with Gasteiger partial charge in [0.25, 0.3) is 0 Å². The van der Waals surface area contributed by atoms with Crippen LogP contribution in [0.15, 0.2) is 84.4 Å². The number of allylic oxidation sites excluding steroid dienone is 2. The van der Waals surface area contributed by atoms with Crippen molar-refractivity contribution < 1.29 is 34.2 Å². The Hall–Kier alpha value is -4.47. The number of imide groups is 2. The average molecular weight is 660 g/mol. The summed E-state index contributed by atoms with van der Waals surface area (Å²) in [6, 6.07) is 20.0. The maximum Gasteiger partial charge on any atom is 0.305 e. The summed E-state index contributed by atoms with van der Waals surface area (Å²) in [4.78, 5) is 70.7. The number of likely N-dealkylation sites (tertiary alicyclic amines) is 1. The number of carbonyl (C=O) groups is 5. The van der Waals surface area contributed by atoms with Crippen LogP contribution in [0.1, 0.15) is 36.3 Å². The summed E-state index contributed by atoms with van der Waals surface area (Å²) >= 11 is 13.2. The number of hydrogen-bond acceptors (Lipinski definition) is 6. The van der Waals surface area contributed by atoms with Crippen molar-refractivity contribution in [1.29, 1.82) is 0 Å². The van der Waals surface area contributed by atoms with Gasteiger partial charge in [0.05, 0.1) is 35.3 Å². The van der Waals surface area contributed by atoms with E-state index < -0.39 is 64.6 Å². The first-order chi connectivity index (χ1) is 22.0. The summed E-state index contributed by atoms with van der Waals surface area (Å²) in [5.74, 6) is -7.02. The molecule has 3 aromatic rings. The highest BCUT2D eigenvalue weighted by atomic mass is 35.5. The molecule has 0 bridgehead atoms. The molecular formula is C35H28Cl2N2O7. The number of aromatic hydroxyl groups is 1. The molecule has 6 unspecified atom stereocenters. The highest BCUT2D eigenvalue weighted by Gasteiger charge is 2.70. The lowest BCUT2D eigenvalue weighted by Gasteiger charge is -2.51. The van der Waals surface area contributed by atoms with Crippen molar-refractivity contribution in [2.24, 2.45) is 23.7 Å². The summed E-state index contributed by atoms with van der Waals surface area (Å²) in [5.41, 5.74) is 0.617. The number of nitrogens with zero attached hydrogens (tertiary/aromatic N) is 2. The molecule has 0 spiro atoms. The van der Waals surface area contributed by atoms with Gasteiger partial charge in [-0.2, -0.15) is 0 Å². The molecule has 0 aromatic heterocycles. The zero-order valence-corrected chi connectivity index (χ0v) is 25.8. The SMILES string of the molecule is O=C(O)CCN1C(=O)C2CC=C3C(CC4C(=O)N(c5cccc(Cl)c5)C(=O)C4(c4ccccc4)C3c3ccc(O)cc3Cl)C2C1=O. The van der Waals surface area contributed by atoms with Crippen molar-refractivity contribution in [1.82, 2.24) is 4.90 Å². The Morgan fingerprint density at radius 2 is 1.65 bits per heavy atom. The largest absolute Gasteiger partial charge is 0.508 e. The number of phenols is 1. The maximum absolute atomic E-state index is 15.1. The number of benzene rings is 3. The Labute approximate surface area is 274 Å². The van der Waals surface area contributed by atoms with Crippen LogP contribution in [0, 0.1) is 23.7 Å². The van der Waals surface area contributed by atoms with Crippen LogP contribution in [0.2, 0.25) is 10.0 Å². The molecule has 2 saturated heterocycles. The Morgan fingerprint density at radius 1 is 0.891 bits per heavy atom. The molecule has 0 radical (unpaired) electrons. The fourth-order valence-corrected chi connectivity index (χ4v) is 8.80. The molecule has 2 heterocycles. The molecule has 11 heteroatoms. The number of hydrogen-bond donors (Lipinski definition) is 2. The molecule has 3 aromatic carbocycles. The Balaban J connectivity index is 1.46. The van der Waals surface area contributed by atoms with Crippen LogP contribution in [0.25, 0.3) is 0 Å². The van der Waals surface area contributed by atoms with Gasteiger partial charge >= 0.3 is 5.97 Å². The van der Waals surface area contributed by atoms with Gasteiger partial charge in [0.15, 0.2) is 0 Å². The predicted octanol–water partition coefficient (Wildman–Crippen LogP) is 5.34. The van der Waals surface area contributed by atoms with E-state index in [-0.39, 0.29) is 36.6 Å². The van der Waals surface area contributed by atoms with Crippen molar-refractivity contribution in [2.45, 2.75) is 30.6 Å². The van der Waals surface area contributed by atoms with Crippen molar-refractivity contribution in [2.75, 3.05) is 11.4 Å². The summed E-state index contributed by atoms with van der Waals surface area (Å²) in [6.45, 7) is -0.243. The van der Waals surface area contributed by atoms with E-state index in [2.05, 4.69) is 0 Å². The highest BCUT2D eigenvalue weighted by molar-refractivity contribution is 6.33. The molecule has 2 N–H and O–H groups in total. The van der Waals surface area contributed by atoms with Gasteiger partial charge in [0, 0.05) is 22.5 Å². The van der Waals surface area contributed by atoms with Crippen molar-refractivity contribution >= 4 is 58.5 Å². The fourth-order valence-electron chi connectivity index (χ4n) is 8.33. The van der Waals surface area contributed by atoms with E-state index in [0.29, 0.717) is 27.4 Å². The number of phenolic OH excluding ortho intramolecular Hbond substituents is 1. The standard InChI is InChI=1S/C35H28Cl2N2O7/c36-19-7-4-8-20(15-19)39-32(44)26-17-25-22(11-12-24-29(25)33(45)38(31(24)43)14-13-28(41)42)30(23-10-9-21(40)16-27(23)37)35(26,34(39)46)18-5-2-1-3-6-18/h1-11,15-16,24-26,29-30,40H,12-14,17H2,(H,41,42). The lowest BCUT2D eigenvalue weighted by atomic mass is 9.49. The quantitative estimate of drug-likeness (QED) is 0.270. The molecule has 6 atom stereocenters. The van der Waals surface area contributed by atoms with Gasteiger partial charge < -0.3 is 10.2 Å². The lowest BCUT2D eigenvalue weighted by molar-refractivity contribution is -0.142. The molecule has 2 aliphatic heterocycles. The number of carbonyl (C=O) groups excluding carboxylic acids is 4. The second-order valence-corrected chi connectivity index (χ2v) is 13.1. The monoisotopic (exact) mass is 658 g/mol. The molecule has 46 heavy (non-hydrogen) atoms. The Bertz CT molecular complexity index is 1860. The first-order valence-electron chi connectivity index (χ1n) is 15.0. The average Bonchev–Trinajstić information content (AvgIpc) is 3.41. The minimum absolute atomic E-state index is 0.0795. The zero-order valence-electron chi connectivity index (χ0n) is 24.3. The topological polar surface area (TPSA) is 132 Å². The van der Waals surface area contributed by atoms with Gasteiger partial charge in [-0.3, -0.25) is 28.9 Å². The molecule has 1 saturated carbocycles. The molecule has 4 amide bonds. The Kier molecular flexibility index (Phi) is 7.29. The molecule has 9 nitrogen and oxygen atoms in total. The fraction of sp³-hybridized carbons (Fsp3) is 0.286. The van der Waals surface area contributed by atoms with Crippen LogP contribution < -0.4 is 4.90 Å². The van der Waals surface area contributed by atoms with Gasteiger partial charge in [0.2, 0.25) is 23.6 Å². The van der Waals surface area contributed by atoms with E-state index in [0.717, 1.165) is 4.90 Å². The first kappa shape index (κ1) is 30.2. The van der Waals surface area contributed by atoms with Crippen LogP contribution >= 0.6 is 23.2 Å². The molecule has 2 aliphatic carbocycles. The highest BCUT2D eigenvalue weighted by Crippen LogP contribution is 2.65. The van der Waals surface area contributed by atoms with Crippen LogP contribution in [0.5, 0.6) is 5.75 Å². The second-order valence-electron chi connectivity index (χ2n) is 12.3. The number of aliphatic carboxylic acids is 1. The number of fused-ring (bicyclic) bond motifs is 4. The van der Waals surface area contributed by atoms with Crippen molar-refractivity contribution in [3.05, 3.63) is 106 Å². The van der Waals surface area contributed by atoms with E-state index in [9.17, 15) is 29.4 Å². The van der Waals surface area contributed by atoms with Gasteiger partial charge in [-0.05, 0) is 60.2 Å². The number of rotatable bonds is 6. The second kappa shape index (κ2) is 11.1. The first-order valence-corrected chi connectivity index (χ1v) is 15.8. The maximum atomic E-state index is 15.1. The number of anilines is 1. The van der Waals surface area contributed by atoms with Crippen LogP contribution in [0.4, 0.5) is 5.69 Å². The summed E-state index contributed by atoms with van der Waals surface area (Å²) < 4.78 is 0. The van der Waals surface area contributed by atoms with Crippen LogP contribution in [-0.2, 0) is 29.4 Å². The smallest absolute Gasteiger partial charge is 0.305 e. The normalized spacial score (nSPS) is 28.6. The third-order valence-electron chi connectivity index (χ3n) is 10.1. The van der Waals surface area contributed by atoms with Gasteiger partial charge in [-0.15, -0.1) is 0 Å². The third kappa shape index (κ3) is 4.32. The van der Waals surface area contributed by atoms with E-state index in [1.54, 1.807) is 42.5 Å². The number of halogens is 2. The summed E-state index contributed by atoms with van der Waals surface area (Å²) in [5, 5.41) is 20.1. The van der Waals surface area contributed by atoms with Crippen LogP contribution in [0.3, 0.4) is 0 Å². The lowest BCUT2D eigenvalue weighted by Crippen LogP contribution is -2.53. The minimum atomic E-state index is -1.49. The zero-order chi connectivity index (χ0) is 32.5. The summed E-state index contributed by atoms with van der Waals surface area (Å²) in [7, 11) is 0. The van der Waals surface area contributed by atoms with E-state index in [4.69, 9.17) is 23.2 Å². The molecule has 4 aliphatic rings. The van der Waals surface area contributed by atoms with Gasteiger partial charge in [-0.25, -0.2) is 4.90 Å². The minimum Gasteiger partial charge on any atom is -0.508 e. The molecule has 234 valence electrons.